The van der Waals surface area contributed by atoms with Gasteiger partial charge in [0.1, 0.15) is 5.82 Å². The quantitative estimate of drug-likeness (QED) is 0.657. The zero-order chi connectivity index (χ0) is 13.1. The number of thiophene rings is 1. The van der Waals surface area contributed by atoms with Gasteiger partial charge < -0.3 is 4.98 Å². The Morgan fingerprint density at radius 1 is 1.25 bits per heavy atom. The van der Waals surface area contributed by atoms with Crippen LogP contribution < -0.4 is 0 Å². The first-order valence-electron chi connectivity index (χ1n) is 6.17. The molecule has 5 heteroatoms. The van der Waals surface area contributed by atoms with E-state index in [0.717, 1.165) is 22.8 Å². The van der Waals surface area contributed by atoms with Crippen molar-refractivity contribution in [3.8, 4) is 22.6 Å². The molecule has 3 rings (SSSR count). The van der Waals surface area contributed by atoms with E-state index < -0.39 is 0 Å². The SMILES string of the molecule is CCSc1cccc(-c2cnc(-c3ccsc3)[nH]2)c1.Cl. The summed E-state index contributed by atoms with van der Waals surface area (Å²) in [6.45, 7) is 2.17. The fraction of sp³-hybridized carbons (Fsp3) is 0.133. The normalized spacial score (nSPS) is 10.2. The number of rotatable bonds is 4. The highest BCUT2D eigenvalue weighted by Gasteiger charge is 2.06. The molecular weight excluding hydrogens is 308 g/mol. The zero-order valence-corrected chi connectivity index (χ0v) is 13.4. The van der Waals surface area contributed by atoms with Crippen molar-refractivity contribution < 1.29 is 0 Å². The second kappa shape index (κ2) is 6.97. The summed E-state index contributed by atoms with van der Waals surface area (Å²) >= 11 is 3.54. The highest BCUT2D eigenvalue weighted by Crippen LogP contribution is 2.27. The molecule has 0 unspecified atom stereocenters. The number of imidazole rings is 1. The molecule has 1 aromatic carbocycles. The van der Waals surface area contributed by atoms with Gasteiger partial charge in [0, 0.05) is 21.4 Å². The first kappa shape index (κ1) is 15.2. The van der Waals surface area contributed by atoms with Gasteiger partial charge in [-0.15, -0.1) is 24.2 Å². The molecule has 0 atom stereocenters. The summed E-state index contributed by atoms with van der Waals surface area (Å²) in [6, 6.07) is 10.6. The smallest absolute Gasteiger partial charge is 0.138 e. The Balaban J connectivity index is 0.00000147. The number of nitrogens with zero attached hydrogens (tertiary/aromatic N) is 1. The summed E-state index contributed by atoms with van der Waals surface area (Å²) in [5, 5.41) is 4.17. The van der Waals surface area contributed by atoms with Gasteiger partial charge in [-0.1, -0.05) is 19.1 Å². The standard InChI is InChI=1S/C15H14N2S2.ClH/c1-2-19-13-5-3-4-11(8-13)14-9-16-15(17-14)12-6-7-18-10-12;/h3-10H,2H2,1H3,(H,16,17);1H. The Morgan fingerprint density at radius 2 is 2.15 bits per heavy atom. The predicted octanol–water partition coefficient (Wildman–Crippen LogP) is 5.34. The third-order valence-electron chi connectivity index (χ3n) is 2.83. The van der Waals surface area contributed by atoms with Gasteiger partial charge in [0.15, 0.2) is 0 Å². The molecule has 20 heavy (non-hydrogen) atoms. The van der Waals surface area contributed by atoms with Crippen molar-refractivity contribution in [1.82, 2.24) is 9.97 Å². The van der Waals surface area contributed by atoms with Crippen molar-refractivity contribution in [2.75, 3.05) is 5.75 Å². The molecule has 0 aliphatic rings. The monoisotopic (exact) mass is 322 g/mol. The van der Waals surface area contributed by atoms with Crippen LogP contribution in [0.15, 0.2) is 52.2 Å². The predicted molar refractivity (Wildman–Crippen MR) is 91.0 cm³/mol. The zero-order valence-electron chi connectivity index (χ0n) is 11.0. The molecule has 2 heterocycles. The summed E-state index contributed by atoms with van der Waals surface area (Å²) in [6.07, 6.45) is 1.91. The number of H-pyrrole nitrogens is 1. The van der Waals surface area contributed by atoms with Crippen molar-refractivity contribution >= 4 is 35.5 Å². The lowest BCUT2D eigenvalue weighted by Crippen LogP contribution is -1.80. The van der Waals surface area contributed by atoms with Crippen LogP contribution in [0.1, 0.15) is 6.92 Å². The van der Waals surface area contributed by atoms with Gasteiger partial charge in [0.05, 0.1) is 11.9 Å². The second-order valence-electron chi connectivity index (χ2n) is 4.12. The molecular formula is C15H15ClN2S2. The summed E-state index contributed by atoms with van der Waals surface area (Å²) in [4.78, 5) is 9.14. The van der Waals surface area contributed by atoms with E-state index >= 15 is 0 Å². The van der Waals surface area contributed by atoms with Gasteiger partial charge in [-0.25, -0.2) is 4.98 Å². The molecule has 2 nitrogen and oxygen atoms in total. The number of nitrogens with one attached hydrogen (secondary N) is 1. The maximum Gasteiger partial charge on any atom is 0.138 e. The molecule has 0 aliphatic carbocycles. The molecule has 0 amide bonds. The van der Waals surface area contributed by atoms with Gasteiger partial charge in [0.25, 0.3) is 0 Å². The van der Waals surface area contributed by atoms with Crippen LogP contribution >= 0.6 is 35.5 Å². The number of hydrogen-bond donors (Lipinski definition) is 1. The van der Waals surface area contributed by atoms with Crippen LogP contribution in [0.4, 0.5) is 0 Å². The number of halogens is 1. The Hall–Kier alpha value is -1.23. The van der Waals surface area contributed by atoms with E-state index in [-0.39, 0.29) is 12.4 Å². The van der Waals surface area contributed by atoms with E-state index in [1.165, 1.54) is 10.5 Å². The van der Waals surface area contributed by atoms with Crippen molar-refractivity contribution in [2.45, 2.75) is 11.8 Å². The Labute approximate surface area is 133 Å². The van der Waals surface area contributed by atoms with Crippen LogP contribution in [0.5, 0.6) is 0 Å². The van der Waals surface area contributed by atoms with Crippen LogP contribution in [-0.2, 0) is 0 Å². The summed E-state index contributed by atoms with van der Waals surface area (Å²) in [5.41, 5.74) is 3.41. The van der Waals surface area contributed by atoms with E-state index in [2.05, 4.69) is 58.0 Å². The lowest BCUT2D eigenvalue weighted by atomic mass is 10.2. The molecule has 1 N–H and O–H groups in total. The van der Waals surface area contributed by atoms with Crippen LogP contribution in [0.2, 0.25) is 0 Å². The maximum absolute atomic E-state index is 4.46. The molecule has 104 valence electrons. The van der Waals surface area contributed by atoms with E-state index in [4.69, 9.17) is 0 Å². The molecule has 0 fully saturated rings. The van der Waals surface area contributed by atoms with E-state index in [1.54, 1.807) is 11.3 Å². The van der Waals surface area contributed by atoms with Gasteiger partial charge in [-0.3, -0.25) is 0 Å². The van der Waals surface area contributed by atoms with Crippen molar-refractivity contribution in [3.63, 3.8) is 0 Å². The van der Waals surface area contributed by atoms with Crippen LogP contribution in [0, 0.1) is 0 Å². The largest absolute Gasteiger partial charge is 0.338 e. The summed E-state index contributed by atoms with van der Waals surface area (Å²) in [7, 11) is 0. The van der Waals surface area contributed by atoms with Crippen molar-refractivity contribution in [1.29, 1.82) is 0 Å². The molecule has 0 spiro atoms. The Kier molecular flexibility index (Phi) is 5.29. The second-order valence-corrected chi connectivity index (χ2v) is 6.24. The van der Waals surface area contributed by atoms with Crippen LogP contribution in [-0.4, -0.2) is 15.7 Å². The average Bonchev–Trinajstić information content (AvgIpc) is 3.11. The third kappa shape index (κ3) is 3.26. The first-order chi connectivity index (χ1) is 9.36. The maximum atomic E-state index is 4.46. The number of aromatic amines is 1. The van der Waals surface area contributed by atoms with E-state index in [1.807, 2.05) is 18.0 Å². The topological polar surface area (TPSA) is 28.7 Å². The fourth-order valence-corrected chi connectivity index (χ4v) is 3.29. The minimum Gasteiger partial charge on any atom is -0.338 e. The van der Waals surface area contributed by atoms with Crippen LogP contribution in [0.25, 0.3) is 22.6 Å². The van der Waals surface area contributed by atoms with E-state index in [0.29, 0.717) is 0 Å². The minimum atomic E-state index is 0. The Morgan fingerprint density at radius 3 is 2.90 bits per heavy atom. The van der Waals surface area contributed by atoms with Gasteiger partial charge in [-0.2, -0.15) is 11.3 Å². The highest BCUT2D eigenvalue weighted by molar-refractivity contribution is 7.99. The third-order valence-corrected chi connectivity index (χ3v) is 4.39. The molecule has 0 saturated heterocycles. The minimum absolute atomic E-state index is 0. The van der Waals surface area contributed by atoms with Crippen molar-refractivity contribution in [3.05, 3.63) is 47.3 Å². The number of aromatic nitrogens is 2. The van der Waals surface area contributed by atoms with Gasteiger partial charge >= 0.3 is 0 Å². The summed E-state index contributed by atoms with van der Waals surface area (Å²) in [5.74, 6) is 2.02. The fourth-order valence-electron chi connectivity index (χ4n) is 1.93. The lowest BCUT2D eigenvalue weighted by Gasteiger charge is -2.01. The van der Waals surface area contributed by atoms with Crippen molar-refractivity contribution in [2.24, 2.45) is 0 Å². The van der Waals surface area contributed by atoms with Gasteiger partial charge in [-0.05, 0) is 29.3 Å². The molecule has 3 aromatic rings. The summed E-state index contributed by atoms with van der Waals surface area (Å²) < 4.78 is 0. The number of thioether (sulfide) groups is 1. The van der Waals surface area contributed by atoms with Crippen LogP contribution in [0.3, 0.4) is 0 Å². The van der Waals surface area contributed by atoms with Gasteiger partial charge in [0.2, 0.25) is 0 Å². The number of hydrogen-bond acceptors (Lipinski definition) is 3. The molecule has 0 radical (unpaired) electrons. The molecule has 0 aliphatic heterocycles. The Bertz CT molecular complexity index is 662. The average molecular weight is 323 g/mol. The molecule has 0 saturated carbocycles. The molecule has 2 aromatic heterocycles. The van der Waals surface area contributed by atoms with E-state index in [9.17, 15) is 0 Å². The number of benzene rings is 1. The highest BCUT2D eigenvalue weighted by atomic mass is 35.5. The molecule has 0 bridgehead atoms. The first-order valence-corrected chi connectivity index (χ1v) is 8.10. The lowest BCUT2D eigenvalue weighted by molar-refractivity contribution is 1.31.